The number of benzene rings is 2. The second-order valence-corrected chi connectivity index (χ2v) is 9.02. The molecule has 1 aliphatic heterocycles. The molecule has 1 saturated heterocycles. The first-order chi connectivity index (χ1) is 15.8. The van der Waals surface area contributed by atoms with Gasteiger partial charge in [0.05, 0.1) is 11.6 Å². The van der Waals surface area contributed by atoms with E-state index in [0.717, 1.165) is 33.8 Å². The van der Waals surface area contributed by atoms with Gasteiger partial charge in [-0.15, -0.1) is 0 Å². The Morgan fingerprint density at radius 2 is 1.88 bits per heavy atom. The molecule has 1 fully saturated rings. The molecule has 1 atom stereocenters. The smallest absolute Gasteiger partial charge is 0.328 e. The van der Waals surface area contributed by atoms with Gasteiger partial charge in [0, 0.05) is 28.7 Å². The highest BCUT2D eigenvalue weighted by molar-refractivity contribution is 9.10. The molecule has 0 bridgehead atoms. The van der Waals surface area contributed by atoms with Crippen molar-refractivity contribution >= 4 is 50.2 Å². The summed E-state index contributed by atoms with van der Waals surface area (Å²) < 4.78 is 7.64. The van der Waals surface area contributed by atoms with Gasteiger partial charge in [0.1, 0.15) is 5.69 Å². The molecule has 1 aliphatic rings. The zero-order valence-electron chi connectivity index (χ0n) is 18.4. The van der Waals surface area contributed by atoms with Crippen molar-refractivity contribution in [1.29, 1.82) is 0 Å². The molecule has 0 aliphatic carbocycles. The molecule has 172 valence electrons. The van der Waals surface area contributed by atoms with E-state index >= 15 is 0 Å². The Morgan fingerprint density at radius 3 is 2.61 bits per heavy atom. The maximum Gasteiger partial charge on any atom is 0.328 e. The summed E-state index contributed by atoms with van der Waals surface area (Å²) in [5, 5.41) is 6.19. The zero-order valence-corrected chi connectivity index (χ0v) is 20.0. The van der Waals surface area contributed by atoms with Gasteiger partial charge in [0.15, 0.2) is 0 Å². The number of halogens is 1. The first-order valence-electron chi connectivity index (χ1n) is 10.7. The Hall–Kier alpha value is -3.17. The van der Waals surface area contributed by atoms with Crippen molar-refractivity contribution in [1.82, 2.24) is 9.99 Å². The number of aromatic nitrogens is 1. The van der Waals surface area contributed by atoms with E-state index in [2.05, 4.69) is 32.0 Å². The van der Waals surface area contributed by atoms with Gasteiger partial charge in [0.2, 0.25) is 0 Å². The summed E-state index contributed by atoms with van der Waals surface area (Å²) in [5.74, 6) is -2.07. The number of hydrogen-bond donors (Lipinski definition) is 3. The van der Waals surface area contributed by atoms with E-state index in [4.69, 9.17) is 4.74 Å². The van der Waals surface area contributed by atoms with Gasteiger partial charge in [-0.2, -0.15) is 0 Å². The number of fused-ring (bicyclic) bond motifs is 1. The van der Waals surface area contributed by atoms with Crippen molar-refractivity contribution < 1.29 is 19.1 Å². The first-order valence-corrected chi connectivity index (χ1v) is 11.5. The molecule has 2 aromatic carbocycles. The van der Waals surface area contributed by atoms with E-state index in [1.165, 1.54) is 4.68 Å². The van der Waals surface area contributed by atoms with Crippen LogP contribution in [-0.4, -0.2) is 41.7 Å². The van der Waals surface area contributed by atoms with Gasteiger partial charge in [-0.25, -0.2) is 4.68 Å². The Balaban J connectivity index is 1.57. The van der Waals surface area contributed by atoms with Crippen molar-refractivity contribution in [3.8, 4) is 0 Å². The Bertz CT molecular complexity index is 1230. The average molecular weight is 513 g/mol. The number of nitrogens with one attached hydrogen (secondary N) is 3. The van der Waals surface area contributed by atoms with Crippen LogP contribution in [0.15, 0.2) is 46.9 Å². The van der Waals surface area contributed by atoms with Gasteiger partial charge >= 0.3 is 11.8 Å². The third-order valence-corrected chi connectivity index (χ3v) is 6.19. The summed E-state index contributed by atoms with van der Waals surface area (Å²) >= 11 is 3.43. The van der Waals surface area contributed by atoms with E-state index < -0.39 is 17.7 Å². The van der Waals surface area contributed by atoms with Gasteiger partial charge in [0.25, 0.3) is 5.91 Å². The van der Waals surface area contributed by atoms with Crippen molar-refractivity contribution in [3.63, 3.8) is 0 Å². The molecule has 9 heteroatoms. The number of amides is 3. The zero-order chi connectivity index (χ0) is 23.5. The molecule has 3 aromatic rings. The van der Waals surface area contributed by atoms with E-state index in [1.807, 2.05) is 38.1 Å². The summed E-state index contributed by atoms with van der Waals surface area (Å²) in [5.41, 5.74) is 6.16. The number of hydrogen-bond acceptors (Lipinski definition) is 4. The van der Waals surface area contributed by atoms with Crippen LogP contribution >= 0.6 is 15.9 Å². The van der Waals surface area contributed by atoms with Crippen LogP contribution < -0.4 is 16.1 Å². The molecule has 0 unspecified atom stereocenters. The summed E-state index contributed by atoms with van der Waals surface area (Å²) in [6.07, 6.45) is 1.71. The highest BCUT2D eigenvalue weighted by Crippen LogP contribution is 2.24. The lowest BCUT2D eigenvalue weighted by molar-refractivity contribution is -0.136. The molecular formula is C24H25BrN4O4. The van der Waals surface area contributed by atoms with Gasteiger partial charge in [-0.05, 0) is 74.2 Å². The third-order valence-electron chi connectivity index (χ3n) is 5.69. The molecule has 0 radical (unpaired) electrons. The number of anilines is 1. The van der Waals surface area contributed by atoms with Gasteiger partial charge in [-0.3, -0.25) is 19.8 Å². The largest absolute Gasteiger partial charge is 0.376 e. The summed E-state index contributed by atoms with van der Waals surface area (Å²) in [6, 6.07) is 12.7. The van der Waals surface area contributed by atoms with Crippen LogP contribution in [-0.2, 0) is 14.3 Å². The lowest BCUT2D eigenvalue weighted by Crippen LogP contribution is -2.42. The molecule has 1 aromatic heterocycles. The lowest BCUT2D eigenvalue weighted by atomic mass is 10.1. The summed E-state index contributed by atoms with van der Waals surface area (Å²) in [6.45, 7) is 4.90. The fraction of sp³-hybridized carbons (Fsp3) is 0.292. The van der Waals surface area contributed by atoms with Crippen LogP contribution in [0.25, 0.3) is 10.9 Å². The highest BCUT2D eigenvalue weighted by atomic mass is 79.9. The van der Waals surface area contributed by atoms with Crippen molar-refractivity contribution in [2.45, 2.75) is 32.8 Å². The topological polar surface area (TPSA) is 101 Å². The number of ether oxygens (including phenoxy) is 1. The fourth-order valence-corrected chi connectivity index (χ4v) is 4.11. The molecular weight excluding hydrogens is 488 g/mol. The lowest BCUT2D eigenvalue weighted by Gasteiger charge is -2.14. The van der Waals surface area contributed by atoms with Crippen molar-refractivity contribution in [2.24, 2.45) is 0 Å². The monoisotopic (exact) mass is 512 g/mol. The second kappa shape index (κ2) is 9.76. The molecule has 33 heavy (non-hydrogen) atoms. The third kappa shape index (κ3) is 5.26. The number of carbonyl (C=O) groups excluding carboxylic acids is 3. The minimum atomic E-state index is -0.867. The number of aryl methyl sites for hydroxylation is 2. The van der Waals surface area contributed by atoms with Crippen LogP contribution in [0.4, 0.5) is 5.69 Å². The number of rotatable bonds is 5. The van der Waals surface area contributed by atoms with Crippen LogP contribution in [0.2, 0.25) is 0 Å². The normalized spacial score (nSPS) is 15.4. The minimum absolute atomic E-state index is 0.0780. The minimum Gasteiger partial charge on any atom is -0.376 e. The first kappa shape index (κ1) is 23.0. The van der Waals surface area contributed by atoms with Crippen LogP contribution in [0.5, 0.6) is 0 Å². The summed E-state index contributed by atoms with van der Waals surface area (Å²) in [4.78, 5) is 38.1. The quantitative estimate of drug-likeness (QED) is 0.454. The maximum atomic E-state index is 13.1. The number of nitrogens with zero attached hydrogens (tertiary/aromatic N) is 1. The van der Waals surface area contributed by atoms with Gasteiger partial charge < -0.3 is 15.4 Å². The molecule has 2 heterocycles. The molecule has 0 saturated carbocycles. The Kier molecular flexibility index (Phi) is 6.80. The highest BCUT2D eigenvalue weighted by Gasteiger charge is 2.23. The van der Waals surface area contributed by atoms with Gasteiger partial charge in [-0.1, -0.05) is 22.0 Å². The molecule has 3 N–H and O–H groups in total. The van der Waals surface area contributed by atoms with Crippen molar-refractivity contribution in [3.05, 3.63) is 63.8 Å². The molecule has 0 spiro atoms. The van der Waals surface area contributed by atoms with E-state index in [0.29, 0.717) is 17.8 Å². The maximum absolute atomic E-state index is 13.1. The SMILES string of the molecule is Cc1ccc(NC(=O)c2cc3cc(Br)ccc3n2NC(=O)C(=O)NC[C@@H]2CCCO2)cc1C. The second-order valence-electron chi connectivity index (χ2n) is 8.11. The standard InChI is InChI=1S/C24H25BrN4O4/c1-14-5-7-18(10-15(14)2)27-22(30)21-12-16-11-17(25)6-8-20(16)29(21)28-24(32)23(31)26-13-19-4-3-9-33-19/h5-8,10-12,19H,3-4,9,13H2,1-2H3,(H,26,31)(H,27,30)(H,28,32)/t19-/m0/s1. The number of carbonyl (C=O) groups is 3. The average Bonchev–Trinajstić information content (AvgIpc) is 3.42. The predicted molar refractivity (Wildman–Crippen MR) is 130 cm³/mol. The summed E-state index contributed by atoms with van der Waals surface area (Å²) in [7, 11) is 0. The predicted octanol–water partition coefficient (Wildman–Crippen LogP) is 3.64. The molecule has 8 nitrogen and oxygen atoms in total. The molecule has 4 rings (SSSR count). The molecule has 3 amide bonds. The Morgan fingerprint density at radius 1 is 1.06 bits per heavy atom. The van der Waals surface area contributed by atoms with E-state index in [-0.39, 0.29) is 18.3 Å². The fourth-order valence-electron chi connectivity index (χ4n) is 3.73. The van der Waals surface area contributed by atoms with Crippen molar-refractivity contribution in [2.75, 3.05) is 23.9 Å². The van der Waals surface area contributed by atoms with Crippen LogP contribution in [0, 0.1) is 13.8 Å². The van der Waals surface area contributed by atoms with Crippen LogP contribution in [0.1, 0.15) is 34.5 Å². The van der Waals surface area contributed by atoms with Crippen LogP contribution in [0.3, 0.4) is 0 Å². The van der Waals surface area contributed by atoms with E-state index in [9.17, 15) is 14.4 Å². The van der Waals surface area contributed by atoms with E-state index in [1.54, 1.807) is 18.2 Å². The Labute approximate surface area is 199 Å².